The summed E-state index contributed by atoms with van der Waals surface area (Å²) in [5.41, 5.74) is 0.143. The molecule has 2 aliphatic rings. The van der Waals surface area contributed by atoms with Gasteiger partial charge < -0.3 is 9.84 Å². The number of amides is 1. The van der Waals surface area contributed by atoms with Gasteiger partial charge in [-0.25, -0.2) is 9.59 Å². The number of rotatable bonds is 5. The zero-order chi connectivity index (χ0) is 23.6. The molecule has 2 aromatic carbocycles. The third kappa shape index (κ3) is 4.53. The Morgan fingerprint density at radius 1 is 1.18 bits per heavy atom. The number of ether oxygens (including phenoxy) is 1. The molecule has 1 aliphatic carbocycles. The summed E-state index contributed by atoms with van der Waals surface area (Å²) in [4.78, 5) is 25.3. The van der Waals surface area contributed by atoms with Crippen LogP contribution in [0, 0.1) is 29.1 Å². The van der Waals surface area contributed by atoms with E-state index in [2.05, 4.69) is 23.5 Å². The summed E-state index contributed by atoms with van der Waals surface area (Å²) in [6, 6.07) is 15.8. The molecule has 2 fully saturated rings. The molecule has 1 saturated heterocycles. The second-order valence-corrected chi connectivity index (χ2v) is 9.56. The lowest BCUT2D eigenvalue weighted by Gasteiger charge is -2.46. The molecule has 7 heteroatoms. The van der Waals surface area contributed by atoms with Crippen LogP contribution in [0.2, 0.25) is 0 Å². The lowest BCUT2D eigenvalue weighted by molar-refractivity contribution is -0.146. The van der Waals surface area contributed by atoms with Crippen LogP contribution in [-0.4, -0.2) is 48.3 Å². The van der Waals surface area contributed by atoms with Crippen LogP contribution in [-0.2, 0) is 15.1 Å². The first-order valence-electron chi connectivity index (χ1n) is 11.6. The smallest absolute Gasteiger partial charge is 0.410 e. The topological polar surface area (TPSA) is 103 Å². The number of piperidine rings is 1. The number of carboxylic acids is 1. The third-order valence-corrected chi connectivity index (χ3v) is 7.57. The standard InChI is InChI=1S/C26H31N3O4/c1-26(16-27,22-9-5-7-18-6-3-4-8-21(18)22)28-14-17-10-11-19-15-29(25(32)33-2)23(24(30)31)13-20(19)12-17/h3-9,17,19-20,23,28H,10-15H2,1-2H3,(H,30,31)/t17?,19-,20?,23?,26?/m0/s1. The van der Waals surface area contributed by atoms with E-state index in [-0.39, 0.29) is 11.8 Å². The van der Waals surface area contributed by atoms with Crippen molar-refractivity contribution in [3.05, 3.63) is 48.0 Å². The fourth-order valence-electron chi connectivity index (χ4n) is 5.69. The van der Waals surface area contributed by atoms with Crippen LogP contribution >= 0.6 is 0 Å². The van der Waals surface area contributed by atoms with E-state index in [0.29, 0.717) is 25.4 Å². The van der Waals surface area contributed by atoms with Crippen molar-refractivity contribution in [2.24, 2.45) is 17.8 Å². The number of carboxylic acid groups (broad SMARTS) is 1. The number of methoxy groups -OCH3 is 1. The lowest BCUT2D eigenvalue weighted by atomic mass is 9.69. The number of fused-ring (bicyclic) bond motifs is 2. The molecule has 1 amide bonds. The van der Waals surface area contributed by atoms with Gasteiger partial charge >= 0.3 is 12.1 Å². The molecule has 1 saturated carbocycles. The maximum Gasteiger partial charge on any atom is 0.410 e. The monoisotopic (exact) mass is 449 g/mol. The summed E-state index contributed by atoms with van der Waals surface area (Å²) in [6.07, 6.45) is 2.70. The van der Waals surface area contributed by atoms with E-state index in [1.807, 2.05) is 37.3 Å². The van der Waals surface area contributed by atoms with Gasteiger partial charge in [-0.05, 0) is 73.2 Å². The molecule has 174 valence electrons. The molecule has 0 radical (unpaired) electrons. The van der Waals surface area contributed by atoms with Crippen LogP contribution in [0.4, 0.5) is 4.79 Å². The van der Waals surface area contributed by atoms with Gasteiger partial charge in [0.1, 0.15) is 11.6 Å². The number of benzene rings is 2. The first kappa shape index (κ1) is 23.1. The van der Waals surface area contributed by atoms with E-state index in [1.54, 1.807) is 0 Å². The van der Waals surface area contributed by atoms with Gasteiger partial charge in [0.25, 0.3) is 0 Å². The van der Waals surface area contributed by atoms with E-state index in [4.69, 9.17) is 4.74 Å². The number of hydrogen-bond acceptors (Lipinski definition) is 5. The maximum atomic E-state index is 12.1. The molecule has 1 aliphatic heterocycles. The minimum atomic E-state index is -0.980. The molecule has 5 atom stereocenters. The fraction of sp³-hybridized carbons (Fsp3) is 0.500. The minimum Gasteiger partial charge on any atom is -0.480 e. The number of likely N-dealkylation sites (tertiary alicyclic amines) is 1. The molecule has 0 aromatic heterocycles. The van der Waals surface area contributed by atoms with E-state index in [1.165, 1.54) is 12.0 Å². The van der Waals surface area contributed by atoms with Gasteiger partial charge in [0, 0.05) is 6.54 Å². The van der Waals surface area contributed by atoms with Gasteiger partial charge in [-0.2, -0.15) is 5.26 Å². The Balaban J connectivity index is 1.45. The van der Waals surface area contributed by atoms with Gasteiger partial charge in [-0.15, -0.1) is 0 Å². The van der Waals surface area contributed by atoms with Crippen molar-refractivity contribution in [3.8, 4) is 6.07 Å². The summed E-state index contributed by atoms with van der Waals surface area (Å²) in [7, 11) is 1.29. The molecule has 7 nitrogen and oxygen atoms in total. The third-order valence-electron chi connectivity index (χ3n) is 7.57. The normalized spacial score (nSPS) is 26.6. The Bertz CT molecular complexity index is 1080. The van der Waals surface area contributed by atoms with E-state index < -0.39 is 23.6 Å². The zero-order valence-electron chi connectivity index (χ0n) is 19.2. The number of carbonyl (C=O) groups excluding carboxylic acids is 1. The number of nitrogens with one attached hydrogen (secondary N) is 1. The fourth-order valence-corrected chi connectivity index (χ4v) is 5.69. The van der Waals surface area contributed by atoms with Crippen LogP contribution in [0.3, 0.4) is 0 Å². The maximum absolute atomic E-state index is 12.1. The molecule has 33 heavy (non-hydrogen) atoms. The van der Waals surface area contributed by atoms with Crippen molar-refractivity contribution >= 4 is 22.8 Å². The Labute approximate surface area is 194 Å². The Morgan fingerprint density at radius 3 is 2.67 bits per heavy atom. The number of nitriles is 1. The number of carbonyl (C=O) groups is 2. The van der Waals surface area contributed by atoms with Crippen molar-refractivity contribution in [2.75, 3.05) is 20.2 Å². The largest absolute Gasteiger partial charge is 0.480 e. The highest BCUT2D eigenvalue weighted by Crippen LogP contribution is 2.41. The van der Waals surface area contributed by atoms with Crippen molar-refractivity contribution in [1.29, 1.82) is 5.26 Å². The number of nitrogens with zero attached hydrogens (tertiary/aromatic N) is 2. The van der Waals surface area contributed by atoms with Crippen molar-refractivity contribution < 1.29 is 19.4 Å². The molecular weight excluding hydrogens is 418 g/mol. The van der Waals surface area contributed by atoms with E-state index in [0.717, 1.165) is 35.6 Å². The predicted octanol–water partition coefficient (Wildman–Crippen LogP) is 4.13. The van der Waals surface area contributed by atoms with Crippen LogP contribution in [0.25, 0.3) is 10.8 Å². The average molecular weight is 450 g/mol. The van der Waals surface area contributed by atoms with Crippen LogP contribution in [0.1, 0.15) is 38.2 Å². The Kier molecular flexibility index (Phi) is 6.57. The van der Waals surface area contributed by atoms with Crippen LogP contribution in [0.15, 0.2) is 42.5 Å². The van der Waals surface area contributed by atoms with E-state index in [9.17, 15) is 20.0 Å². The molecule has 0 bridgehead atoms. The van der Waals surface area contributed by atoms with Gasteiger partial charge in [0.2, 0.25) is 0 Å². The molecule has 1 heterocycles. The quantitative estimate of drug-likeness (QED) is 0.712. The van der Waals surface area contributed by atoms with Gasteiger partial charge in [-0.3, -0.25) is 10.2 Å². The van der Waals surface area contributed by atoms with Gasteiger partial charge in [0.15, 0.2) is 0 Å². The highest BCUT2D eigenvalue weighted by atomic mass is 16.5. The van der Waals surface area contributed by atoms with Gasteiger partial charge in [0.05, 0.1) is 13.2 Å². The lowest BCUT2D eigenvalue weighted by Crippen LogP contribution is -2.55. The van der Waals surface area contributed by atoms with Crippen LogP contribution in [0.5, 0.6) is 0 Å². The first-order chi connectivity index (χ1) is 15.9. The summed E-state index contributed by atoms with van der Waals surface area (Å²) in [5, 5.41) is 25.5. The second-order valence-electron chi connectivity index (χ2n) is 9.56. The van der Waals surface area contributed by atoms with E-state index >= 15 is 0 Å². The average Bonchev–Trinajstić information content (AvgIpc) is 2.85. The molecule has 0 spiro atoms. The summed E-state index contributed by atoms with van der Waals surface area (Å²) in [5.74, 6) is -0.0880. The minimum absolute atomic E-state index is 0.249. The first-order valence-corrected chi connectivity index (χ1v) is 11.6. The Hall–Kier alpha value is -3.11. The number of aliphatic carboxylic acids is 1. The molecule has 2 aromatic rings. The predicted molar refractivity (Wildman–Crippen MR) is 124 cm³/mol. The molecule has 2 N–H and O–H groups in total. The highest BCUT2D eigenvalue weighted by Gasteiger charge is 2.44. The molecule has 4 rings (SSSR count). The Morgan fingerprint density at radius 2 is 1.94 bits per heavy atom. The van der Waals surface area contributed by atoms with Crippen molar-refractivity contribution in [3.63, 3.8) is 0 Å². The summed E-state index contributed by atoms with van der Waals surface area (Å²) in [6.45, 7) is 3.05. The molecule has 4 unspecified atom stereocenters. The summed E-state index contributed by atoms with van der Waals surface area (Å²) < 4.78 is 4.81. The highest BCUT2D eigenvalue weighted by molar-refractivity contribution is 5.87. The van der Waals surface area contributed by atoms with Crippen molar-refractivity contribution in [1.82, 2.24) is 10.2 Å². The SMILES string of the molecule is COC(=O)N1C[C@@H]2CCC(CNC(C)(C#N)c3cccc4ccccc34)CC2CC1C(=O)O. The van der Waals surface area contributed by atoms with Crippen LogP contribution < -0.4 is 5.32 Å². The molecular formula is C26H31N3O4. The summed E-state index contributed by atoms with van der Waals surface area (Å²) >= 11 is 0. The zero-order valence-corrected chi connectivity index (χ0v) is 19.2. The van der Waals surface area contributed by atoms with Crippen molar-refractivity contribution in [2.45, 2.75) is 44.2 Å². The van der Waals surface area contributed by atoms with Gasteiger partial charge in [-0.1, -0.05) is 42.5 Å². The second kappa shape index (κ2) is 9.40. The number of hydrogen-bond donors (Lipinski definition) is 2.